The number of hydrogen-bond donors (Lipinski definition) is 1. The predicted octanol–water partition coefficient (Wildman–Crippen LogP) is 1.23. The first-order chi connectivity index (χ1) is 8.27. The molecule has 0 aromatic rings. The highest BCUT2D eigenvalue weighted by Gasteiger charge is 2.25. The fourth-order valence-electron chi connectivity index (χ4n) is 1.45. The fraction of sp³-hybridized carbons (Fsp3) is 0.917. The molecular formula is C12H24N2O3. The van der Waals surface area contributed by atoms with Crippen molar-refractivity contribution >= 4 is 6.03 Å². The lowest BCUT2D eigenvalue weighted by Gasteiger charge is -2.22. The Balaban J connectivity index is 2.24. The van der Waals surface area contributed by atoms with E-state index in [1.54, 1.807) is 4.90 Å². The number of rotatable bonds is 9. The number of ether oxygens (including phenoxy) is 2. The van der Waals surface area contributed by atoms with Gasteiger partial charge in [0.15, 0.2) is 0 Å². The summed E-state index contributed by atoms with van der Waals surface area (Å²) in [6, 6.07) is 0.399. The van der Waals surface area contributed by atoms with E-state index < -0.39 is 0 Å². The van der Waals surface area contributed by atoms with Crippen molar-refractivity contribution in [2.75, 3.05) is 39.5 Å². The Morgan fingerprint density at radius 2 is 1.71 bits per heavy atom. The molecule has 5 heteroatoms. The number of nitrogens with one attached hydrogen (secondary N) is 1. The van der Waals surface area contributed by atoms with Gasteiger partial charge in [-0.2, -0.15) is 0 Å². The molecule has 1 aliphatic carbocycles. The zero-order valence-electron chi connectivity index (χ0n) is 10.9. The molecule has 0 atom stereocenters. The Labute approximate surface area is 103 Å². The molecule has 0 spiro atoms. The predicted molar refractivity (Wildman–Crippen MR) is 66.1 cm³/mol. The minimum Gasteiger partial charge on any atom is -0.380 e. The van der Waals surface area contributed by atoms with E-state index in [-0.39, 0.29) is 6.03 Å². The third-order valence-corrected chi connectivity index (χ3v) is 2.61. The first-order valence-electron chi connectivity index (χ1n) is 6.48. The highest BCUT2D eigenvalue weighted by atomic mass is 16.5. The SMILES string of the molecule is CCOCCN(CCOCC)C(=O)NC1CC1. The Bertz CT molecular complexity index is 210. The Kier molecular flexibility index (Phi) is 6.96. The Hall–Kier alpha value is -0.810. The molecule has 17 heavy (non-hydrogen) atoms. The third kappa shape index (κ3) is 6.48. The number of urea groups is 1. The number of carbonyl (C=O) groups is 1. The van der Waals surface area contributed by atoms with E-state index in [1.807, 2.05) is 13.8 Å². The molecular weight excluding hydrogens is 220 g/mol. The average Bonchev–Trinajstić information content (AvgIpc) is 3.11. The lowest BCUT2D eigenvalue weighted by Crippen LogP contribution is -2.44. The molecule has 1 N–H and O–H groups in total. The molecule has 1 rings (SSSR count). The summed E-state index contributed by atoms with van der Waals surface area (Å²) in [5.74, 6) is 0. The molecule has 0 aromatic heterocycles. The van der Waals surface area contributed by atoms with Crippen LogP contribution in [0.3, 0.4) is 0 Å². The van der Waals surface area contributed by atoms with Gasteiger partial charge in [-0.25, -0.2) is 4.79 Å². The van der Waals surface area contributed by atoms with Crippen LogP contribution in [-0.4, -0.2) is 56.5 Å². The van der Waals surface area contributed by atoms with Crippen molar-refractivity contribution in [2.24, 2.45) is 0 Å². The molecule has 1 saturated carbocycles. The highest BCUT2D eigenvalue weighted by molar-refractivity contribution is 5.74. The highest BCUT2D eigenvalue weighted by Crippen LogP contribution is 2.18. The summed E-state index contributed by atoms with van der Waals surface area (Å²) < 4.78 is 10.6. The standard InChI is InChI=1S/C12H24N2O3/c1-3-16-9-7-14(8-10-17-4-2)12(15)13-11-5-6-11/h11H,3-10H2,1-2H3,(H,13,15). The van der Waals surface area contributed by atoms with Crippen LogP contribution in [0.1, 0.15) is 26.7 Å². The second-order valence-electron chi connectivity index (χ2n) is 4.10. The molecule has 100 valence electrons. The molecule has 1 aliphatic rings. The van der Waals surface area contributed by atoms with Crippen LogP contribution in [0.5, 0.6) is 0 Å². The van der Waals surface area contributed by atoms with Crippen LogP contribution in [-0.2, 0) is 9.47 Å². The van der Waals surface area contributed by atoms with Crippen LogP contribution >= 0.6 is 0 Å². The summed E-state index contributed by atoms with van der Waals surface area (Å²) in [6.07, 6.45) is 2.22. The lowest BCUT2D eigenvalue weighted by atomic mass is 10.5. The van der Waals surface area contributed by atoms with Crippen LogP contribution in [0.4, 0.5) is 4.79 Å². The molecule has 5 nitrogen and oxygen atoms in total. The molecule has 0 unspecified atom stereocenters. The third-order valence-electron chi connectivity index (χ3n) is 2.61. The second kappa shape index (κ2) is 8.31. The van der Waals surface area contributed by atoms with Crippen LogP contribution in [0.25, 0.3) is 0 Å². The minimum absolute atomic E-state index is 0.00639. The van der Waals surface area contributed by atoms with E-state index in [2.05, 4.69) is 5.32 Å². The van der Waals surface area contributed by atoms with Gasteiger partial charge in [-0.15, -0.1) is 0 Å². The Morgan fingerprint density at radius 1 is 1.18 bits per heavy atom. The van der Waals surface area contributed by atoms with Crippen LogP contribution in [0.2, 0.25) is 0 Å². The molecule has 0 saturated heterocycles. The van der Waals surface area contributed by atoms with E-state index in [0.717, 1.165) is 12.8 Å². The van der Waals surface area contributed by atoms with Crippen molar-refractivity contribution in [1.29, 1.82) is 0 Å². The number of amides is 2. The van der Waals surface area contributed by atoms with E-state index >= 15 is 0 Å². The van der Waals surface area contributed by atoms with Gasteiger partial charge >= 0.3 is 6.03 Å². The smallest absolute Gasteiger partial charge is 0.317 e. The average molecular weight is 244 g/mol. The maximum Gasteiger partial charge on any atom is 0.317 e. The zero-order valence-corrected chi connectivity index (χ0v) is 10.9. The van der Waals surface area contributed by atoms with Crippen LogP contribution < -0.4 is 5.32 Å². The van der Waals surface area contributed by atoms with Crippen molar-refractivity contribution in [1.82, 2.24) is 10.2 Å². The van der Waals surface area contributed by atoms with Crippen LogP contribution in [0.15, 0.2) is 0 Å². The molecule has 0 radical (unpaired) electrons. The van der Waals surface area contributed by atoms with Crippen molar-refractivity contribution in [3.63, 3.8) is 0 Å². The van der Waals surface area contributed by atoms with E-state index in [9.17, 15) is 4.79 Å². The van der Waals surface area contributed by atoms with Crippen molar-refractivity contribution in [3.8, 4) is 0 Å². The summed E-state index contributed by atoms with van der Waals surface area (Å²) >= 11 is 0. The zero-order chi connectivity index (χ0) is 12.5. The van der Waals surface area contributed by atoms with E-state index in [4.69, 9.17) is 9.47 Å². The van der Waals surface area contributed by atoms with Crippen molar-refractivity contribution in [2.45, 2.75) is 32.7 Å². The molecule has 0 aromatic carbocycles. The number of nitrogens with zero attached hydrogens (tertiary/aromatic N) is 1. The fourth-order valence-corrected chi connectivity index (χ4v) is 1.45. The molecule has 0 aliphatic heterocycles. The van der Waals surface area contributed by atoms with Gasteiger partial charge in [-0.1, -0.05) is 0 Å². The van der Waals surface area contributed by atoms with Gasteiger partial charge in [0, 0.05) is 32.3 Å². The quantitative estimate of drug-likeness (QED) is 0.621. The maximum atomic E-state index is 11.9. The number of hydrogen-bond acceptors (Lipinski definition) is 3. The molecule has 0 heterocycles. The van der Waals surface area contributed by atoms with Gasteiger partial charge < -0.3 is 19.7 Å². The largest absolute Gasteiger partial charge is 0.380 e. The van der Waals surface area contributed by atoms with Crippen molar-refractivity contribution in [3.05, 3.63) is 0 Å². The van der Waals surface area contributed by atoms with Crippen molar-refractivity contribution < 1.29 is 14.3 Å². The number of carbonyl (C=O) groups excluding carboxylic acids is 1. The van der Waals surface area contributed by atoms with Gasteiger partial charge in [0.25, 0.3) is 0 Å². The normalized spacial score (nSPS) is 14.7. The van der Waals surface area contributed by atoms with Crippen LogP contribution in [0, 0.1) is 0 Å². The van der Waals surface area contributed by atoms with Gasteiger partial charge in [-0.3, -0.25) is 0 Å². The Morgan fingerprint density at radius 3 is 2.12 bits per heavy atom. The minimum atomic E-state index is 0.00639. The summed E-state index contributed by atoms with van der Waals surface area (Å²) in [6.45, 7) is 7.69. The van der Waals surface area contributed by atoms with Gasteiger partial charge in [0.05, 0.1) is 13.2 Å². The van der Waals surface area contributed by atoms with E-state index in [1.165, 1.54) is 0 Å². The summed E-state index contributed by atoms with van der Waals surface area (Å²) in [5.41, 5.74) is 0. The lowest BCUT2D eigenvalue weighted by molar-refractivity contribution is 0.0924. The van der Waals surface area contributed by atoms with Gasteiger partial charge in [-0.05, 0) is 26.7 Å². The van der Waals surface area contributed by atoms with Gasteiger partial charge in [0.2, 0.25) is 0 Å². The second-order valence-corrected chi connectivity index (χ2v) is 4.10. The summed E-state index contributed by atoms with van der Waals surface area (Å²) in [4.78, 5) is 13.7. The monoisotopic (exact) mass is 244 g/mol. The maximum absolute atomic E-state index is 11.9. The molecule has 0 bridgehead atoms. The summed E-state index contributed by atoms with van der Waals surface area (Å²) in [7, 11) is 0. The first kappa shape index (κ1) is 14.3. The summed E-state index contributed by atoms with van der Waals surface area (Å²) in [5, 5.41) is 2.98. The molecule has 2 amide bonds. The van der Waals surface area contributed by atoms with E-state index in [0.29, 0.717) is 45.6 Å². The first-order valence-corrected chi connectivity index (χ1v) is 6.48. The molecule has 1 fully saturated rings. The van der Waals surface area contributed by atoms with Gasteiger partial charge in [0.1, 0.15) is 0 Å². The topological polar surface area (TPSA) is 50.8 Å².